The second-order valence-electron chi connectivity index (χ2n) is 5.77. The average molecular weight is 488 g/mol. The van der Waals surface area contributed by atoms with Crippen molar-refractivity contribution < 1.29 is 9.59 Å². The molecule has 0 aliphatic rings. The number of benzene rings is 3. The van der Waals surface area contributed by atoms with Crippen LogP contribution in [-0.2, 0) is 4.79 Å². The van der Waals surface area contributed by atoms with Gasteiger partial charge in [0, 0.05) is 25.8 Å². The molecule has 3 aromatic rings. The summed E-state index contributed by atoms with van der Waals surface area (Å²) >= 11 is 6.81. The largest absolute Gasteiger partial charge is 0.376 e. The Labute approximate surface area is 174 Å². The summed E-state index contributed by atoms with van der Waals surface area (Å²) in [5, 5.41) is 5.89. The Hall–Kier alpha value is -2.44. The van der Waals surface area contributed by atoms with E-state index in [2.05, 4.69) is 42.5 Å². The maximum Gasteiger partial charge on any atom is 0.243 e. The molecular formula is C21H16Br2N2O2. The highest BCUT2D eigenvalue weighted by Gasteiger charge is 2.15. The molecule has 3 aromatic carbocycles. The zero-order chi connectivity index (χ0) is 19.2. The molecule has 0 radical (unpaired) electrons. The lowest BCUT2D eigenvalue weighted by Gasteiger charge is -2.13. The number of anilines is 2. The first-order valence-corrected chi connectivity index (χ1v) is 9.81. The van der Waals surface area contributed by atoms with Gasteiger partial charge in [-0.05, 0) is 46.3 Å². The molecule has 0 fully saturated rings. The van der Waals surface area contributed by atoms with E-state index in [9.17, 15) is 9.59 Å². The number of rotatable bonds is 6. The second kappa shape index (κ2) is 8.97. The fraction of sp³-hybridized carbons (Fsp3) is 0.0476. The number of hydrogen-bond donors (Lipinski definition) is 2. The first-order chi connectivity index (χ1) is 13.0. The van der Waals surface area contributed by atoms with Crippen LogP contribution in [0.25, 0.3) is 0 Å². The molecule has 6 heteroatoms. The molecule has 0 unspecified atom stereocenters. The van der Waals surface area contributed by atoms with E-state index in [0.717, 1.165) is 8.95 Å². The van der Waals surface area contributed by atoms with E-state index >= 15 is 0 Å². The molecule has 0 aliphatic carbocycles. The summed E-state index contributed by atoms with van der Waals surface area (Å²) < 4.78 is 1.60. The van der Waals surface area contributed by atoms with Crippen molar-refractivity contribution in [3.63, 3.8) is 0 Å². The van der Waals surface area contributed by atoms with Crippen molar-refractivity contribution in [2.45, 2.75) is 0 Å². The Balaban J connectivity index is 1.74. The molecule has 136 valence electrons. The summed E-state index contributed by atoms with van der Waals surface area (Å²) in [6.07, 6.45) is 0. The molecule has 0 aliphatic heterocycles. The van der Waals surface area contributed by atoms with Crippen LogP contribution in [0, 0.1) is 0 Å². The summed E-state index contributed by atoms with van der Waals surface area (Å²) in [5.41, 5.74) is 2.40. The number of hydrogen-bond acceptors (Lipinski definition) is 3. The van der Waals surface area contributed by atoms with Crippen LogP contribution in [-0.4, -0.2) is 18.2 Å². The SMILES string of the molecule is O=C(CNc1ccc(Br)cc1C(=O)c1ccccc1)Nc1ccccc1Br. The van der Waals surface area contributed by atoms with Crippen molar-refractivity contribution in [3.05, 3.63) is 92.9 Å². The molecular weight excluding hydrogens is 472 g/mol. The van der Waals surface area contributed by atoms with E-state index in [0.29, 0.717) is 22.5 Å². The predicted octanol–water partition coefficient (Wildman–Crippen LogP) is 5.49. The van der Waals surface area contributed by atoms with Crippen molar-refractivity contribution in [2.75, 3.05) is 17.2 Å². The molecule has 0 bridgehead atoms. The average Bonchev–Trinajstić information content (AvgIpc) is 2.69. The van der Waals surface area contributed by atoms with Crippen LogP contribution in [0.5, 0.6) is 0 Å². The van der Waals surface area contributed by atoms with Crippen LogP contribution in [0.15, 0.2) is 81.7 Å². The minimum absolute atomic E-state index is 0.0397. The van der Waals surface area contributed by atoms with Crippen LogP contribution in [0.4, 0.5) is 11.4 Å². The number of halogens is 2. The highest BCUT2D eigenvalue weighted by molar-refractivity contribution is 9.10. The molecule has 3 rings (SSSR count). The van der Waals surface area contributed by atoms with Crippen molar-refractivity contribution >= 4 is 54.9 Å². The topological polar surface area (TPSA) is 58.2 Å². The van der Waals surface area contributed by atoms with E-state index in [4.69, 9.17) is 0 Å². The van der Waals surface area contributed by atoms with Gasteiger partial charge in [0.2, 0.25) is 5.91 Å². The maximum atomic E-state index is 12.8. The number of ketones is 1. The molecule has 4 nitrogen and oxygen atoms in total. The standard InChI is InChI=1S/C21H16Br2N2O2/c22-15-10-11-18(16(12-15)21(27)14-6-2-1-3-7-14)24-13-20(26)25-19-9-5-4-8-17(19)23/h1-12,24H,13H2,(H,25,26). The Kier molecular flexibility index (Phi) is 6.42. The van der Waals surface area contributed by atoms with Gasteiger partial charge in [0.25, 0.3) is 0 Å². The Morgan fingerprint density at radius 2 is 1.52 bits per heavy atom. The highest BCUT2D eigenvalue weighted by atomic mass is 79.9. The molecule has 1 amide bonds. The monoisotopic (exact) mass is 486 g/mol. The number of nitrogens with one attached hydrogen (secondary N) is 2. The number of para-hydroxylation sites is 1. The van der Waals surface area contributed by atoms with Crippen LogP contribution in [0.2, 0.25) is 0 Å². The number of carbonyl (C=O) groups excluding carboxylic acids is 2. The van der Waals surface area contributed by atoms with E-state index in [-0.39, 0.29) is 18.2 Å². The Morgan fingerprint density at radius 1 is 0.815 bits per heavy atom. The van der Waals surface area contributed by atoms with E-state index in [1.165, 1.54) is 0 Å². The summed E-state index contributed by atoms with van der Waals surface area (Å²) in [5.74, 6) is -0.312. The fourth-order valence-electron chi connectivity index (χ4n) is 2.54. The first-order valence-electron chi connectivity index (χ1n) is 8.22. The Morgan fingerprint density at radius 3 is 2.26 bits per heavy atom. The van der Waals surface area contributed by atoms with Crippen molar-refractivity contribution in [1.82, 2.24) is 0 Å². The van der Waals surface area contributed by atoms with Crippen LogP contribution in [0.1, 0.15) is 15.9 Å². The normalized spacial score (nSPS) is 10.3. The van der Waals surface area contributed by atoms with Gasteiger partial charge < -0.3 is 10.6 Å². The first kappa shape index (κ1) is 19.3. The quantitative estimate of drug-likeness (QED) is 0.452. The zero-order valence-electron chi connectivity index (χ0n) is 14.2. The summed E-state index contributed by atoms with van der Waals surface area (Å²) in [4.78, 5) is 25.1. The third-order valence-electron chi connectivity index (χ3n) is 3.85. The van der Waals surface area contributed by atoms with Crippen molar-refractivity contribution in [3.8, 4) is 0 Å². The summed E-state index contributed by atoms with van der Waals surface area (Å²) in [7, 11) is 0. The number of amides is 1. The molecule has 0 atom stereocenters. The van der Waals surface area contributed by atoms with Gasteiger partial charge in [-0.3, -0.25) is 9.59 Å². The number of carbonyl (C=O) groups is 2. The van der Waals surface area contributed by atoms with E-state index in [1.807, 2.05) is 48.5 Å². The van der Waals surface area contributed by atoms with E-state index < -0.39 is 0 Å². The van der Waals surface area contributed by atoms with Gasteiger partial charge in [-0.2, -0.15) is 0 Å². The summed E-state index contributed by atoms with van der Waals surface area (Å²) in [6.45, 7) is 0.0397. The molecule has 0 aromatic heterocycles. The smallest absolute Gasteiger partial charge is 0.243 e. The maximum absolute atomic E-state index is 12.8. The minimum atomic E-state index is -0.206. The highest BCUT2D eigenvalue weighted by Crippen LogP contribution is 2.24. The van der Waals surface area contributed by atoms with Gasteiger partial charge in [-0.15, -0.1) is 0 Å². The summed E-state index contributed by atoms with van der Waals surface area (Å²) in [6, 6.07) is 21.8. The second-order valence-corrected chi connectivity index (χ2v) is 7.54. The molecule has 2 N–H and O–H groups in total. The zero-order valence-corrected chi connectivity index (χ0v) is 17.4. The molecule has 0 saturated heterocycles. The fourth-order valence-corrected chi connectivity index (χ4v) is 3.28. The minimum Gasteiger partial charge on any atom is -0.376 e. The van der Waals surface area contributed by atoms with Crippen LogP contribution in [0.3, 0.4) is 0 Å². The molecule has 27 heavy (non-hydrogen) atoms. The third kappa shape index (κ3) is 5.05. The van der Waals surface area contributed by atoms with Gasteiger partial charge in [0.1, 0.15) is 0 Å². The molecule has 0 spiro atoms. The van der Waals surface area contributed by atoms with Crippen LogP contribution < -0.4 is 10.6 Å². The van der Waals surface area contributed by atoms with Crippen molar-refractivity contribution in [1.29, 1.82) is 0 Å². The van der Waals surface area contributed by atoms with Crippen LogP contribution >= 0.6 is 31.9 Å². The lowest BCUT2D eigenvalue weighted by Crippen LogP contribution is -2.23. The Bertz CT molecular complexity index is 975. The molecule has 0 heterocycles. The van der Waals surface area contributed by atoms with Gasteiger partial charge in [0.05, 0.1) is 12.2 Å². The third-order valence-corrected chi connectivity index (χ3v) is 5.03. The van der Waals surface area contributed by atoms with Crippen molar-refractivity contribution in [2.24, 2.45) is 0 Å². The van der Waals surface area contributed by atoms with Gasteiger partial charge in [0.15, 0.2) is 5.78 Å². The van der Waals surface area contributed by atoms with Gasteiger partial charge >= 0.3 is 0 Å². The predicted molar refractivity (Wildman–Crippen MR) is 115 cm³/mol. The lowest BCUT2D eigenvalue weighted by molar-refractivity contribution is -0.114. The van der Waals surface area contributed by atoms with E-state index in [1.54, 1.807) is 24.3 Å². The lowest BCUT2D eigenvalue weighted by atomic mass is 10.0. The van der Waals surface area contributed by atoms with Gasteiger partial charge in [-0.1, -0.05) is 58.4 Å². The van der Waals surface area contributed by atoms with Gasteiger partial charge in [-0.25, -0.2) is 0 Å². The molecule has 0 saturated carbocycles.